The molecule has 8 heteroatoms. The number of benzene rings is 1. The van der Waals surface area contributed by atoms with Gasteiger partial charge in [-0.1, -0.05) is 12.2 Å². The molecule has 3 rings (SSSR count). The van der Waals surface area contributed by atoms with Crippen molar-refractivity contribution in [3.63, 3.8) is 0 Å². The topological polar surface area (TPSA) is 111 Å². The smallest absolute Gasteiger partial charge is 0.272 e. The zero-order chi connectivity index (χ0) is 15.7. The predicted molar refractivity (Wildman–Crippen MR) is 80.7 cm³/mol. The average Bonchev–Trinajstić information content (AvgIpc) is 3.09. The van der Waals surface area contributed by atoms with Gasteiger partial charge in [-0.2, -0.15) is 5.10 Å². The number of nitro benzene ring substituents is 2. The van der Waals surface area contributed by atoms with Crippen LogP contribution < -0.4 is 5.43 Å². The van der Waals surface area contributed by atoms with Crippen molar-refractivity contribution in [3.8, 4) is 0 Å². The van der Waals surface area contributed by atoms with Crippen LogP contribution in [0.3, 0.4) is 0 Å². The lowest BCUT2D eigenvalue weighted by molar-refractivity contribution is -0.393. The predicted octanol–water partition coefficient (Wildman–Crippen LogP) is 3.11. The molecule has 2 aliphatic rings. The average molecular weight is 302 g/mol. The molecule has 0 heterocycles. The Hall–Kier alpha value is -2.77. The number of nitro groups is 2. The van der Waals surface area contributed by atoms with Crippen LogP contribution in [0.5, 0.6) is 0 Å². The van der Waals surface area contributed by atoms with E-state index in [0.29, 0.717) is 17.8 Å². The summed E-state index contributed by atoms with van der Waals surface area (Å²) >= 11 is 0. The van der Waals surface area contributed by atoms with Crippen LogP contribution in [0.4, 0.5) is 17.1 Å². The molecule has 0 amide bonds. The van der Waals surface area contributed by atoms with Crippen molar-refractivity contribution in [2.75, 3.05) is 5.43 Å². The van der Waals surface area contributed by atoms with Crippen molar-refractivity contribution in [3.05, 3.63) is 50.6 Å². The van der Waals surface area contributed by atoms with Crippen LogP contribution in [-0.2, 0) is 0 Å². The first-order valence-electron chi connectivity index (χ1n) is 6.95. The first-order valence-corrected chi connectivity index (χ1v) is 6.95. The standard InChI is InChI=1S/C14H14N4O4/c19-17(20)12-3-4-13(14(7-12)18(21)22)16-15-8-11-6-9-1-2-10(11)5-9/h1-4,7-11,16H,5-6H2/b15-8-/t9-,10-,11+/m0/s1. The summed E-state index contributed by atoms with van der Waals surface area (Å²) in [5.74, 6) is 1.47. The van der Waals surface area contributed by atoms with Crippen molar-refractivity contribution < 1.29 is 9.85 Å². The number of rotatable bonds is 5. The van der Waals surface area contributed by atoms with Gasteiger partial charge >= 0.3 is 5.69 Å². The van der Waals surface area contributed by atoms with E-state index < -0.39 is 9.85 Å². The number of nitrogens with zero attached hydrogens (tertiary/aromatic N) is 3. The minimum Gasteiger partial charge on any atom is -0.272 e. The molecule has 114 valence electrons. The summed E-state index contributed by atoms with van der Waals surface area (Å²) < 4.78 is 0. The molecule has 2 bridgehead atoms. The molecule has 8 nitrogen and oxygen atoms in total. The van der Waals surface area contributed by atoms with Gasteiger partial charge in [-0.05, 0) is 30.7 Å². The third-order valence-electron chi connectivity index (χ3n) is 4.17. The van der Waals surface area contributed by atoms with E-state index in [1.165, 1.54) is 12.1 Å². The first kappa shape index (κ1) is 14.2. The molecule has 1 aromatic carbocycles. The van der Waals surface area contributed by atoms with Crippen LogP contribution in [0, 0.1) is 38.0 Å². The van der Waals surface area contributed by atoms with Gasteiger partial charge in [-0.25, -0.2) is 0 Å². The van der Waals surface area contributed by atoms with Crippen LogP contribution in [0.1, 0.15) is 12.8 Å². The number of hydrogen-bond donors (Lipinski definition) is 1. The van der Waals surface area contributed by atoms with E-state index in [1.54, 1.807) is 6.21 Å². The highest BCUT2D eigenvalue weighted by Crippen LogP contribution is 2.42. The molecule has 0 radical (unpaired) electrons. The molecule has 3 atom stereocenters. The fourth-order valence-corrected chi connectivity index (χ4v) is 3.08. The van der Waals surface area contributed by atoms with Gasteiger partial charge in [0, 0.05) is 18.2 Å². The van der Waals surface area contributed by atoms with Gasteiger partial charge in [0.25, 0.3) is 5.69 Å². The fourth-order valence-electron chi connectivity index (χ4n) is 3.08. The summed E-state index contributed by atoms with van der Waals surface area (Å²) in [7, 11) is 0. The van der Waals surface area contributed by atoms with Gasteiger partial charge in [-0.3, -0.25) is 25.7 Å². The van der Waals surface area contributed by atoms with Crippen molar-refractivity contribution in [2.24, 2.45) is 22.9 Å². The lowest BCUT2D eigenvalue weighted by Crippen LogP contribution is -2.09. The van der Waals surface area contributed by atoms with Crippen LogP contribution in [0.25, 0.3) is 0 Å². The monoisotopic (exact) mass is 302 g/mol. The maximum Gasteiger partial charge on any atom is 0.301 e. The molecular formula is C14H14N4O4. The summed E-state index contributed by atoms with van der Waals surface area (Å²) in [6.07, 6.45) is 8.39. The van der Waals surface area contributed by atoms with E-state index in [9.17, 15) is 20.2 Å². The minimum absolute atomic E-state index is 0.144. The van der Waals surface area contributed by atoms with Crippen molar-refractivity contribution in [1.29, 1.82) is 0 Å². The van der Waals surface area contributed by atoms with Gasteiger partial charge in [0.05, 0.1) is 15.9 Å². The molecule has 0 unspecified atom stereocenters. The number of anilines is 1. The Morgan fingerprint density at radius 2 is 2.00 bits per heavy atom. The normalized spacial score (nSPS) is 25.7. The highest BCUT2D eigenvalue weighted by atomic mass is 16.6. The van der Waals surface area contributed by atoms with Crippen molar-refractivity contribution in [2.45, 2.75) is 12.8 Å². The van der Waals surface area contributed by atoms with E-state index >= 15 is 0 Å². The number of non-ortho nitro benzene ring substituents is 1. The highest BCUT2D eigenvalue weighted by molar-refractivity contribution is 5.69. The van der Waals surface area contributed by atoms with Gasteiger partial charge in [-0.15, -0.1) is 0 Å². The van der Waals surface area contributed by atoms with Crippen LogP contribution in [0.2, 0.25) is 0 Å². The molecule has 0 aliphatic heterocycles. The number of allylic oxidation sites excluding steroid dienone is 2. The van der Waals surface area contributed by atoms with Gasteiger partial charge in [0.15, 0.2) is 0 Å². The quantitative estimate of drug-likeness (QED) is 0.389. The maximum atomic E-state index is 11.0. The van der Waals surface area contributed by atoms with Crippen LogP contribution in [0.15, 0.2) is 35.5 Å². The van der Waals surface area contributed by atoms with Gasteiger partial charge in [0.2, 0.25) is 0 Å². The van der Waals surface area contributed by atoms with Crippen molar-refractivity contribution >= 4 is 23.3 Å². The lowest BCUT2D eigenvalue weighted by atomic mass is 9.95. The third-order valence-corrected chi connectivity index (χ3v) is 4.17. The molecule has 22 heavy (non-hydrogen) atoms. The molecule has 0 aromatic heterocycles. The van der Waals surface area contributed by atoms with E-state index in [2.05, 4.69) is 22.7 Å². The molecule has 0 saturated heterocycles. The number of hydrogen-bond acceptors (Lipinski definition) is 6. The molecule has 1 aromatic rings. The molecule has 1 N–H and O–H groups in total. The van der Waals surface area contributed by atoms with Gasteiger partial charge in [0.1, 0.15) is 5.69 Å². The molecule has 1 saturated carbocycles. The Bertz CT molecular complexity index is 685. The van der Waals surface area contributed by atoms with Crippen LogP contribution in [-0.4, -0.2) is 16.1 Å². The Kier molecular flexibility index (Phi) is 3.58. The minimum atomic E-state index is -0.665. The maximum absolute atomic E-state index is 11.0. The Balaban J connectivity index is 1.73. The van der Waals surface area contributed by atoms with Crippen molar-refractivity contribution in [1.82, 2.24) is 0 Å². The Labute approximate surface area is 125 Å². The Morgan fingerprint density at radius 3 is 2.59 bits per heavy atom. The summed E-state index contributed by atoms with van der Waals surface area (Å²) in [6, 6.07) is 3.44. The number of nitrogens with one attached hydrogen (secondary N) is 1. The fraction of sp³-hybridized carbons (Fsp3) is 0.357. The molecule has 1 fully saturated rings. The zero-order valence-electron chi connectivity index (χ0n) is 11.6. The molecule has 0 spiro atoms. The second-order valence-corrected chi connectivity index (χ2v) is 5.55. The van der Waals surface area contributed by atoms with Gasteiger partial charge < -0.3 is 0 Å². The lowest BCUT2D eigenvalue weighted by Gasteiger charge is -2.12. The first-order chi connectivity index (χ1) is 10.5. The number of hydrazone groups is 1. The van der Waals surface area contributed by atoms with E-state index in [0.717, 1.165) is 18.9 Å². The molecule has 2 aliphatic carbocycles. The highest BCUT2D eigenvalue weighted by Gasteiger charge is 2.34. The van der Waals surface area contributed by atoms with E-state index in [-0.39, 0.29) is 17.1 Å². The third kappa shape index (κ3) is 2.67. The summed E-state index contributed by atoms with van der Waals surface area (Å²) in [4.78, 5) is 20.4. The second kappa shape index (κ2) is 5.55. The largest absolute Gasteiger partial charge is 0.301 e. The SMILES string of the molecule is O=[N+]([O-])c1ccc(N/N=C\[C@H]2C[C@H]3C=C[C@H]2C3)c([N+](=O)[O-])c1. The zero-order valence-corrected chi connectivity index (χ0v) is 11.6. The summed E-state index contributed by atoms with van der Waals surface area (Å²) in [5.41, 5.74) is 2.09. The van der Waals surface area contributed by atoms with E-state index in [4.69, 9.17) is 0 Å². The number of fused-ring (bicyclic) bond motifs is 2. The summed E-state index contributed by atoms with van der Waals surface area (Å²) in [6.45, 7) is 0. The molecular weight excluding hydrogens is 288 g/mol. The Morgan fingerprint density at radius 1 is 1.18 bits per heavy atom. The summed E-state index contributed by atoms with van der Waals surface area (Å²) in [5, 5.41) is 25.8. The second-order valence-electron chi connectivity index (χ2n) is 5.55. The van der Waals surface area contributed by atoms with Crippen LogP contribution >= 0.6 is 0 Å². The van der Waals surface area contributed by atoms with E-state index in [1.807, 2.05) is 0 Å².